The summed E-state index contributed by atoms with van der Waals surface area (Å²) in [4.78, 5) is 27.4. The maximum atomic E-state index is 12.5. The molecule has 1 atom stereocenters. The van der Waals surface area contributed by atoms with Crippen molar-refractivity contribution in [3.8, 4) is 5.75 Å². The summed E-state index contributed by atoms with van der Waals surface area (Å²) in [5.74, 6) is 0.745. The van der Waals surface area contributed by atoms with Gasteiger partial charge in [-0.2, -0.15) is 0 Å². The summed E-state index contributed by atoms with van der Waals surface area (Å²) in [5.41, 5.74) is 0.998. The summed E-state index contributed by atoms with van der Waals surface area (Å²) >= 11 is 1.60. The highest BCUT2D eigenvalue weighted by atomic mass is 32.1. The fourth-order valence-electron chi connectivity index (χ4n) is 2.83. The second-order valence-electron chi connectivity index (χ2n) is 5.72. The molecule has 1 aliphatic rings. The van der Waals surface area contributed by atoms with Crippen LogP contribution in [0.1, 0.15) is 23.3 Å². The van der Waals surface area contributed by atoms with Crippen molar-refractivity contribution in [2.24, 2.45) is 0 Å². The lowest BCUT2D eigenvalue weighted by molar-refractivity contribution is -0.135. The summed E-state index contributed by atoms with van der Waals surface area (Å²) in [6, 6.07) is 11.1. The molecule has 0 spiro atoms. The molecule has 0 unspecified atom stereocenters. The lowest BCUT2D eigenvalue weighted by Crippen LogP contribution is -2.43. The fourth-order valence-corrected chi connectivity index (χ4v) is 3.53. The van der Waals surface area contributed by atoms with Crippen molar-refractivity contribution in [2.75, 3.05) is 7.11 Å². The zero-order chi connectivity index (χ0) is 16.9. The Morgan fingerprint density at radius 2 is 2.12 bits per heavy atom. The van der Waals surface area contributed by atoms with E-state index in [1.165, 1.54) is 0 Å². The second kappa shape index (κ2) is 7.49. The molecule has 1 fully saturated rings. The van der Waals surface area contributed by atoms with Crippen molar-refractivity contribution in [1.29, 1.82) is 0 Å². The summed E-state index contributed by atoms with van der Waals surface area (Å²) < 4.78 is 5.12. The highest BCUT2D eigenvalue weighted by Crippen LogP contribution is 2.23. The van der Waals surface area contributed by atoms with Crippen LogP contribution in [0.4, 0.5) is 0 Å². The molecule has 0 saturated carbocycles. The molecule has 0 bridgehead atoms. The Morgan fingerprint density at radius 3 is 2.79 bits per heavy atom. The molecular formula is C18H20N2O3S. The van der Waals surface area contributed by atoms with E-state index in [-0.39, 0.29) is 17.9 Å². The number of carbonyl (C=O) groups excluding carboxylic acids is 2. The minimum atomic E-state index is -0.377. The monoisotopic (exact) mass is 344 g/mol. The Labute approximate surface area is 145 Å². The minimum absolute atomic E-state index is 0.0491. The highest BCUT2D eigenvalue weighted by Gasteiger charge is 2.35. The van der Waals surface area contributed by atoms with E-state index < -0.39 is 0 Å². The van der Waals surface area contributed by atoms with Gasteiger partial charge in [0.15, 0.2) is 0 Å². The Kier molecular flexibility index (Phi) is 5.15. The number of carbonyl (C=O) groups is 2. The first kappa shape index (κ1) is 16.5. The quantitative estimate of drug-likeness (QED) is 0.876. The lowest BCUT2D eigenvalue weighted by atomic mass is 10.2. The van der Waals surface area contributed by atoms with Gasteiger partial charge in [0.05, 0.1) is 13.7 Å². The first-order chi connectivity index (χ1) is 11.7. The molecule has 1 aromatic heterocycles. The van der Waals surface area contributed by atoms with E-state index in [1.54, 1.807) is 23.3 Å². The molecule has 5 nitrogen and oxygen atoms in total. The van der Waals surface area contributed by atoms with Crippen LogP contribution in [-0.4, -0.2) is 29.9 Å². The molecule has 1 saturated heterocycles. The second-order valence-corrected chi connectivity index (χ2v) is 6.75. The van der Waals surface area contributed by atoms with Gasteiger partial charge >= 0.3 is 0 Å². The van der Waals surface area contributed by atoms with E-state index in [1.807, 2.05) is 41.8 Å². The van der Waals surface area contributed by atoms with Gasteiger partial charge in [-0.25, -0.2) is 0 Å². The maximum Gasteiger partial charge on any atom is 0.243 e. The van der Waals surface area contributed by atoms with Gasteiger partial charge in [-0.05, 0) is 35.6 Å². The number of ether oxygens (including phenoxy) is 1. The summed E-state index contributed by atoms with van der Waals surface area (Å²) in [6.45, 7) is 0.956. The Bertz CT molecular complexity index is 698. The average Bonchev–Trinajstić information content (AvgIpc) is 3.24. The fraction of sp³-hybridized carbons (Fsp3) is 0.333. The number of methoxy groups -OCH3 is 1. The number of thiophene rings is 1. The predicted molar refractivity (Wildman–Crippen MR) is 92.7 cm³/mol. The van der Waals surface area contributed by atoms with Crippen LogP contribution in [-0.2, 0) is 22.7 Å². The summed E-state index contributed by atoms with van der Waals surface area (Å²) in [7, 11) is 1.62. The first-order valence-electron chi connectivity index (χ1n) is 7.90. The van der Waals surface area contributed by atoms with Crippen molar-refractivity contribution >= 4 is 23.2 Å². The molecule has 2 amide bonds. The number of rotatable bonds is 6. The lowest BCUT2D eigenvalue weighted by Gasteiger charge is -2.23. The van der Waals surface area contributed by atoms with Crippen LogP contribution in [0.15, 0.2) is 41.8 Å². The zero-order valence-electron chi connectivity index (χ0n) is 13.5. The molecule has 3 rings (SSSR count). The van der Waals surface area contributed by atoms with Crippen molar-refractivity contribution < 1.29 is 14.3 Å². The molecule has 1 aromatic carbocycles. The van der Waals surface area contributed by atoms with Crippen LogP contribution >= 0.6 is 11.3 Å². The number of nitrogens with zero attached hydrogens (tertiary/aromatic N) is 1. The molecule has 0 aliphatic carbocycles. The molecule has 1 aliphatic heterocycles. The Hall–Kier alpha value is -2.34. The van der Waals surface area contributed by atoms with E-state index in [0.717, 1.165) is 16.2 Å². The topological polar surface area (TPSA) is 58.6 Å². The third-order valence-electron chi connectivity index (χ3n) is 4.16. The number of nitrogens with one attached hydrogen (secondary N) is 1. The van der Waals surface area contributed by atoms with Gasteiger partial charge in [-0.15, -0.1) is 11.3 Å². The standard InChI is InChI=1S/C18H20N2O3S/c1-23-14-6-4-13(5-7-14)11-19-18(22)16-8-9-17(21)20(16)12-15-3-2-10-24-15/h2-7,10,16H,8-9,11-12H2,1H3,(H,19,22)/t16-/m0/s1. The summed E-state index contributed by atoms with van der Waals surface area (Å²) in [5, 5.41) is 4.92. The van der Waals surface area contributed by atoms with Gasteiger partial charge in [-0.3, -0.25) is 9.59 Å². The Balaban J connectivity index is 1.59. The molecule has 2 heterocycles. The van der Waals surface area contributed by atoms with Crippen molar-refractivity contribution in [1.82, 2.24) is 10.2 Å². The van der Waals surface area contributed by atoms with Crippen LogP contribution in [0.25, 0.3) is 0 Å². The van der Waals surface area contributed by atoms with Crippen molar-refractivity contribution in [3.05, 3.63) is 52.2 Å². The minimum Gasteiger partial charge on any atom is -0.497 e. The van der Waals surface area contributed by atoms with E-state index >= 15 is 0 Å². The van der Waals surface area contributed by atoms with Gasteiger partial charge < -0.3 is 15.0 Å². The van der Waals surface area contributed by atoms with E-state index in [2.05, 4.69) is 5.32 Å². The smallest absolute Gasteiger partial charge is 0.243 e. The molecule has 126 valence electrons. The predicted octanol–water partition coefficient (Wildman–Crippen LogP) is 2.56. The molecule has 0 radical (unpaired) electrons. The maximum absolute atomic E-state index is 12.5. The molecule has 6 heteroatoms. The van der Waals surface area contributed by atoms with Gasteiger partial charge in [0.1, 0.15) is 11.8 Å². The average molecular weight is 344 g/mol. The van der Waals surface area contributed by atoms with E-state index in [4.69, 9.17) is 4.74 Å². The van der Waals surface area contributed by atoms with Crippen LogP contribution in [0, 0.1) is 0 Å². The van der Waals surface area contributed by atoms with Crippen LogP contribution < -0.4 is 10.1 Å². The third kappa shape index (κ3) is 3.76. The number of benzene rings is 1. The number of amides is 2. The van der Waals surface area contributed by atoms with Crippen LogP contribution in [0.2, 0.25) is 0 Å². The first-order valence-corrected chi connectivity index (χ1v) is 8.78. The normalized spacial score (nSPS) is 17.1. The zero-order valence-corrected chi connectivity index (χ0v) is 14.3. The number of hydrogen-bond donors (Lipinski definition) is 1. The SMILES string of the molecule is COc1ccc(CNC(=O)[C@@H]2CCC(=O)N2Cc2cccs2)cc1. The molecule has 24 heavy (non-hydrogen) atoms. The Morgan fingerprint density at radius 1 is 1.33 bits per heavy atom. The van der Waals surface area contributed by atoms with Crippen LogP contribution in [0.3, 0.4) is 0 Å². The van der Waals surface area contributed by atoms with Gasteiger partial charge in [0.25, 0.3) is 0 Å². The van der Waals surface area contributed by atoms with E-state index in [0.29, 0.717) is 25.9 Å². The third-order valence-corrected chi connectivity index (χ3v) is 5.02. The van der Waals surface area contributed by atoms with E-state index in [9.17, 15) is 9.59 Å². The van der Waals surface area contributed by atoms with Gasteiger partial charge in [-0.1, -0.05) is 18.2 Å². The van der Waals surface area contributed by atoms with Gasteiger partial charge in [0, 0.05) is 17.8 Å². The van der Waals surface area contributed by atoms with Crippen LogP contribution in [0.5, 0.6) is 5.75 Å². The molecular weight excluding hydrogens is 324 g/mol. The summed E-state index contributed by atoms with van der Waals surface area (Å²) in [6.07, 6.45) is 1.02. The van der Waals surface area contributed by atoms with Crippen molar-refractivity contribution in [2.45, 2.75) is 32.0 Å². The highest BCUT2D eigenvalue weighted by molar-refractivity contribution is 7.09. The van der Waals surface area contributed by atoms with Gasteiger partial charge in [0.2, 0.25) is 11.8 Å². The van der Waals surface area contributed by atoms with Crippen molar-refractivity contribution in [3.63, 3.8) is 0 Å². The number of likely N-dealkylation sites (tertiary alicyclic amines) is 1. The number of hydrogen-bond acceptors (Lipinski definition) is 4. The molecule has 2 aromatic rings. The molecule has 1 N–H and O–H groups in total. The largest absolute Gasteiger partial charge is 0.497 e.